The molecule has 4 aliphatic heterocycles. The van der Waals surface area contributed by atoms with Gasteiger partial charge >= 0.3 is 0 Å². The van der Waals surface area contributed by atoms with Crippen LogP contribution < -0.4 is 0 Å². The van der Waals surface area contributed by atoms with Crippen molar-refractivity contribution in [2.24, 2.45) is 173 Å². The molecule has 0 spiro atoms. The van der Waals surface area contributed by atoms with Gasteiger partial charge in [0.2, 0.25) is 0 Å². The molecule has 18 heteroatoms. The molecule has 6 N–H and O–H groups in total. The Morgan fingerprint density at radius 2 is 0.632 bits per heavy atom. The smallest absolute Gasteiger partial charge is 0.163 e. The summed E-state index contributed by atoms with van der Waals surface area (Å²) in [5.74, 6) is 8.32. The van der Waals surface area contributed by atoms with E-state index >= 15 is 0 Å². The van der Waals surface area contributed by atoms with Gasteiger partial charge in [-0.2, -0.15) is 10.2 Å². The van der Waals surface area contributed by atoms with Gasteiger partial charge in [-0.1, -0.05) is 130 Å². The molecule has 20 aliphatic carbocycles. The topological polar surface area (TPSA) is 246 Å². The molecule has 4 saturated heterocycles. The Balaban J connectivity index is 0.0000000970. The SMILES string of the molecule is C=C1CC[C@H]2C3[C@@H](O)[C@H](O)[C@H]4Cc5[nH]ncc5C[C@]4(C)[C@H]3CC[C@]12C.C=C1CC[C@H]2C3[C@H]4OC(C)(C)O[C@@H]4[C@H]4CC(=O)C(=CO)C[C@]4(C)[C@H]3CC[C@]12C.C=C1CC[C@H]2C3[C@H]4OC(C)(C)O[C@@H]4[C@H]4CC(=O)CC[C@]4(C)[C@H]3CC[C@]12C.C=C1CC[C@H]2C3[C@H]4OC(C)(C)O[C@@H]4[C@H]4C[C@@H](O)CC[C@]4(C)[C@H]3CC[C@]12C.C=C1CC[C@H]2C3[C@H]4OC(C)(C)O[C@@H]4[C@H]4Cc5[nH]ncc5C[C@]4(C)[C@H]3CC[C@]12C. The van der Waals surface area contributed by atoms with Crippen molar-refractivity contribution in [3.8, 4) is 0 Å². The number of fused-ring (bicyclic) bond motifs is 39. The quantitative estimate of drug-likeness (QED) is 0.0815. The van der Waals surface area contributed by atoms with Crippen molar-refractivity contribution in [2.45, 2.75) is 420 Å². The summed E-state index contributed by atoms with van der Waals surface area (Å²) in [6.45, 7) is 63.2. The van der Waals surface area contributed by atoms with Crippen LogP contribution in [0.4, 0.5) is 0 Å². The van der Waals surface area contributed by atoms with Crippen molar-refractivity contribution in [1.29, 1.82) is 0 Å². The lowest BCUT2D eigenvalue weighted by atomic mass is 9.43. The Morgan fingerprint density at radius 1 is 0.323 bits per heavy atom. The number of H-pyrrole nitrogens is 2. The van der Waals surface area contributed by atoms with Crippen LogP contribution in [-0.2, 0) is 73.2 Å². The number of nitrogens with zero attached hydrogens (tertiary/aromatic N) is 2. The van der Waals surface area contributed by atoms with E-state index in [1.54, 1.807) is 0 Å². The molecule has 0 amide bonds. The Morgan fingerprint density at radius 3 is 1.02 bits per heavy atom. The summed E-state index contributed by atoms with van der Waals surface area (Å²) in [6.07, 6.45) is 39.4. The predicted molar refractivity (Wildman–Crippen MR) is 512 cm³/mol. The molecule has 26 rings (SSSR count). The van der Waals surface area contributed by atoms with Crippen LogP contribution in [0.1, 0.15) is 327 Å². The van der Waals surface area contributed by atoms with E-state index in [1.807, 2.05) is 20.0 Å². The molecule has 41 atom stereocenters. The minimum atomic E-state index is -0.640. The summed E-state index contributed by atoms with van der Waals surface area (Å²) >= 11 is 0. The molecule has 732 valence electrons. The van der Waals surface area contributed by atoms with Gasteiger partial charge in [0.05, 0.1) is 85.8 Å². The minimum Gasteiger partial charge on any atom is -0.515 e. The Bertz CT molecular complexity index is 5050. The van der Waals surface area contributed by atoms with E-state index in [0.29, 0.717) is 142 Å². The van der Waals surface area contributed by atoms with Crippen molar-refractivity contribution >= 4 is 11.6 Å². The van der Waals surface area contributed by atoms with Gasteiger partial charge in [-0.3, -0.25) is 19.8 Å². The monoisotopic (exact) mass is 1830 g/mol. The number of nitrogens with one attached hydrogen (secondary N) is 2. The standard InChI is InChI=1S/C24H34N2O2.C24H34O4.C23H36O3.C23H34O3.C21H30N2O2/c1-13-6-7-15-19-16(8-9-23(13,15)4)24(5)11-14-12-25-26-18(14)10-17(24)20-21(19)28-22(2,3)27-20;1-13-6-7-15-19-16(8-9-23(13,15)4)24(5)11-14(12-25)18(26)10-17(24)20-21(19)28-22(2,3)27-20;2*1-13-6-7-15-18-16(9-11-22(13,15)4)23(5)10-8-14(24)12-17(23)19-20(18)26-21(2,3)25-19;1-11-4-5-13-17-14(6-7-20(11,13)2)21(3)9-12-10-22-23-16(12)8-15(21)18(24)19(17)25/h12,15-17,19-21H,1,6-11H2,2-5H3,(H,25,26);12,15-17,19-21,25H,1,6-11H2,2-5H3;14-20,24H,1,6-12H2,2-5H3;15-20H,1,6-12H2,2-5H3;10,13-15,17-19,24-25H,1,4-9H2,2-3H3,(H,22,23)/t2*15-,16-,17+,19?,20+,21+,23+,24+;14-,15-,16-,17+,18?,19+,20+,22+,23+;15-,16-,17+,18?,19+,20+,22+,23+;13-,14-,15+,17?,18+,19+,20+,21+/m00000/s1. The number of aromatic amines is 2. The lowest BCUT2D eigenvalue weighted by Gasteiger charge is -2.62. The second kappa shape index (κ2) is 31.3. The number of ketones is 2. The Kier molecular flexibility index (Phi) is 22.0. The largest absolute Gasteiger partial charge is 0.515 e. The first-order valence-corrected chi connectivity index (χ1v) is 53.8. The molecule has 22 fully saturated rings. The molecule has 24 aliphatic rings. The van der Waals surface area contributed by atoms with Crippen LogP contribution in [-0.4, -0.2) is 143 Å². The van der Waals surface area contributed by atoms with E-state index < -0.39 is 35.4 Å². The molecule has 5 unspecified atom stereocenters. The molecule has 6 heterocycles. The first kappa shape index (κ1) is 93.5. The van der Waals surface area contributed by atoms with Crippen LogP contribution in [0.5, 0.6) is 0 Å². The van der Waals surface area contributed by atoms with Crippen molar-refractivity contribution in [3.63, 3.8) is 0 Å². The fourth-order valence-electron chi connectivity index (χ4n) is 39.6. The number of carbonyl (C=O) groups excluding carboxylic acids is 2. The molecule has 2 aromatic rings. The first-order valence-electron chi connectivity index (χ1n) is 53.8. The zero-order chi connectivity index (χ0) is 94.1. The molecule has 133 heavy (non-hydrogen) atoms. The second-order valence-electron chi connectivity index (χ2n) is 53.9. The zero-order valence-electron chi connectivity index (χ0n) is 84.6. The maximum atomic E-state index is 12.7. The lowest BCUT2D eigenvalue weighted by molar-refractivity contribution is -0.201. The van der Waals surface area contributed by atoms with Crippen molar-refractivity contribution in [1.82, 2.24) is 20.4 Å². The number of hydrogen-bond donors (Lipinski definition) is 6. The van der Waals surface area contributed by atoms with Crippen LogP contribution in [0.15, 0.2) is 85.0 Å². The van der Waals surface area contributed by atoms with E-state index in [2.05, 4.69) is 170 Å². The Hall–Kier alpha value is -4.44. The normalized spacial score (nSPS) is 53.8. The number of carbonyl (C=O) groups is 2. The molecular formula is C115H168N4O14. The third-order valence-electron chi connectivity index (χ3n) is 46.8. The highest BCUT2D eigenvalue weighted by Crippen LogP contribution is 2.76. The van der Waals surface area contributed by atoms with Gasteiger partial charge in [-0.05, 0) is 413 Å². The van der Waals surface area contributed by atoms with Gasteiger partial charge in [-0.25, -0.2) is 0 Å². The van der Waals surface area contributed by atoms with Crippen molar-refractivity contribution in [2.75, 3.05) is 0 Å². The van der Waals surface area contributed by atoms with Gasteiger partial charge in [0, 0.05) is 48.1 Å². The highest BCUT2D eigenvalue weighted by Gasteiger charge is 2.75. The number of allylic oxidation sites excluding steroid dienone is 6. The summed E-state index contributed by atoms with van der Waals surface area (Å²) in [5.41, 5.74) is 15.0. The van der Waals surface area contributed by atoms with E-state index in [9.17, 15) is 30.0 Å². The summed E-state index contributed by atoms with van der Waals surface area (Å²) in [4.78, 5) is 25.0. The summed E-state index contributed by atoms with van der Waals surface area (Å²) < 4.78 is 52.6. The minimum absolute atomic E-state index is 0.0384. The van der Waals surface area contributed by atoms with Gasteiger partial charge in [0.15, 0.2) is 28.9 Å². The van der Waals surface area contributed by atoms with E-state index in [4.69, 9.17) is 37.9 Å². The first-order chi connectivity index (χ1) is 62.5. The number of aromatic nitrogens is 4. The number of rotatable bonds is 0. The predicted octanol–water partition coefficient (Wildman–Crippen LogP) is 22.1. The average Bonchev–Trinajstić information content (AvgIpc) is 1.72. The number of hydrogen-bond acceptors (Lipinski definition) is 16. The van der Waals surface area contributed by atoms with Crippen LogP contribution >= 0.6 is 0 Å². The zero-order valence-corrected chi connectivity index (χ0v) is 84.6. The number of aliphatic hydroxyl groups excluding tert-OH is 4. The number of Topliss-reactive ketones (excluding diaryl/α,β-unsaturated/α-hetero) is 2. The fraction of sp³-hybridized carbons (Fsp3) is 0.826. The van der Waals surface area contributed by atoms with Crippen molar-refractivity contribution < 1.29 is 67.9 Å². The van der Waals surface area contributed by atoms with Gasteiger partial charge in [0.1, 0.15) is 5.78 Å². The summed E-state index contributed by atoms with van der Waals surface area (Å²) in [5, 5.41) is 57.4. The highest BCUT2D eigenvalue weighted by atomic mass is 16.8. The van der Waals surface area contributed by atoms with E-state index in [0.717, 1.165) is 102 Å². The van der Waals surface area contributed by atoms with Gasteiger partial charge in [-0.15, -0.1) is 0 Å². The second-order valence-corrected chi connectivity index (χ2v) is 53.9. The van der Waals surface area contributed by atoms with Crippen LogP contribution in [0, 0.1) is 173 Å². The van der Waals surface area contributed by atoms with Gasteiger partial charge < -0.3 is 58.3 Å². The third kappa shape index (κ3) is 13.7. The molecule has 18 saturated carbocycles. The van der Waals surface area contributed by atoms with Crippen LogP contribution in [0.3, 0.4) is 0 Å². The highest BCUT2D eigenvalue weighted by molar-refractivity contribution is 5.96. The summed E-state index contributed by atoms with van der Waals surface area (Å²) in [7, 11) is 0. The molecular weight excluding hydrogens is 1660 g/mol. The van der Waals surface area contributed by atoms with Crippen LogP contribution in [0.2, 0.25) is 0 Å². The maximum absolute atomic E-state index is 12.7. The maximum Gasteiger partial charge on any atom is 0.163 e. The Labute approximate surface area is 795 Å². The van der Waals surface area contributed by atoms with Crippen LogP contribution in [0.25, 0.3) is 0 Å². The molecule has 0 bridgehead atoms. The molecule has 0 aromatic carbocycles. The molecule has 0 radical (unpaired) electrons. The van der Waals surface area contributed by atoms with E-state index in [1.165, 1.54) is 141 Å². The number of ether oxygens (including phenoxy) is 8. The van der Waals surface area contributed by atoms with Crippen molar-refractivity contribution in [3.05, 3.63) is 108 Å². The molecule has 18 nitrogen and oxygen atoms in total. The van der Waals surface area contributed by atoms with E-state index in [-0.39, 0.29) is 122 Å². The molecule has 2 aromatic heterocycles. The lowest BCUT2D eigenvalue weighted by Crippen LogP contribution is -2.64. The summed E-state index contributed by atoms with van der Waals surface area (Å²) in [6, 6.07) is 0. The number of aliphatic hydroxyl groups is 4. The van der Waals surface area contributed by atoms with Gasteiger partial charge in [0.25, 0.3) is 0 Å². The fourth-order valence-corrected chi connectivity index (χ4v) is 39.6. The average molecular weight is 1830 g/mol. The third-order valence-corrected chi connectivity index (χ3v) is 46.8.